The fourth-order valence-corrected chi connectivity index (χ4v) is 2.31. The number of rotatable bonds is 3. The first-order chi connectivity index (χ1) is 8.08. The molecule has 0 atom stereocenters. The van der Waals surface area contributed by atoms with Gasteiger partial charge in [-0.2, -0.15) is 0 Å². The largest absolute Gasteiger partial charge is 0.487 e. The molecule has 94 valence electrons. The van der Waals surface area contributed by atoms with Crippen LogP contribution in [0.1, 0.15) is 51.0 Å². The van der Waals surface area contributed by atoms with E-state index in [0.29, 0.717) is 5.56 Å². The molecular weight excluding hydrogens is 222 g/mol. The number of benzene rings is 1. The molecule has 0 amide bonds. The van der Waals surface area contributed by atoms with Crippen LogP contribution in [0.2, 0.25) is 0 Å². The normalized spacial score (nSPS) is 16.8. The fraction of sp³-hybridized carbons (Fsp3) is 0.571. The van der Waals surface area contributed by atoms with Crippen molar-refractivity contribution >= 4 is 0 Å². The summed E-state index contributed by atoms with van der Waals surface area (Å²) in [5.41, 5.74) is 0.620. The van der Waals surface area contributed by atoms with E-state index in [1.54, 1.807) is 0 Å². The SMILES string of the molecule is CC(C)c1cc(F)cc(F)c1OC1CCCC1. The van der Waals surface area contributed by atoms with Gasteiger partial charge in [0.25, 0.3) is 0 Å². The van der Waals surface area contributed by atoms with Crippen LogP contribution in [0.3, 0.4) is 0 Å². The lowest BCUT2D eigenvalue weighted by Gasteiger charge is -2.19. The van der Waals surface area contributed by atoms with Gasteiger partial charge >= 0.3 is 0 Å². The Balaban J connectivity index is 2.29. The van der Waals surface area contributed by atoms with Crippen LogP contribution in [0.5, 0.6) is 5.75 Å². The topological polar surface area (TPSA) is 9.23 Å². The standard InChI is InChI=1S/C14H18F2O/c1-9(2)12-7-10(15)8-13(16)14(12)17-11-5-3-4-6-11/h7-9,11H,3-6H2,1-2H3. The first-order valence-corrected chi connectivity index (χ1v) is 6.23. The van der Waals surface area contributed by atoms with Crippen LogP contribution in [0.4, 0.5) is 8.78 Å². The Hall–Kier alpha value is -1.12. The summed E-state index contributed by atoms with van der Waals surface area (Å²) in [4.78, 5) is 0. The molecule has 1 fully saturated rings. The van der Waals surface area contributed by atoms with E-state index in [4.69, 9.17) is 4.74 Å². The molecule has 0 bridgehead atoms. The zero-order chi connectivity index (χ0) is 12.4. The Bertz CT molecular complexity index is 395. The van der Waals surface area contributed by atoms with Crippen LogP contribution in [0.25, 0.3) is 0 Å². The summed E-state index contributed by atoms with van der Waals surface area (Å²) in [5.74, 6) is -0.824. The van der Waals surface area contributed by atoms with Gasteiger partial charge in [-0.05, 0) is 37.7 Å². The summed E-state index contributed by atoms with van der Waals surface area (Å²) < 4.78 is 32.7. The van der Waals surface area contributed by atoms with Crippen LogP contribution in [0.15, 0.2) is 12.1 Å². The van der Waals surface area contributed by atoms with Crippen LogP contribution < -0.4 is 4.74 Å². The van der Waals surface area contributed by atoms with Gasteiger partial charge in [-0.3, -0.25) is 0 Å². The maximum Gasteiger partial charge on any atom is 0.168 e. The van der Waals surface area contributed by atoms with Crippen LogP contribution in [-0.4, -0.2) is 6.10 Å². The first kappa shape index (κ1) is 12.3. The molecule has 0 radical (unpaired) electrons. The monoisotopic (exact) mass is 240 g/mol. The van der Waals surface area contributed by atoms with Gasteiger partial charge in [0.2, 0.25) is 0 Å². The molecule has 0 unspecified atom stereocenters. The molecule has 2 rings (SSSR count). The zero-order valence-electron chi connectivity index (χ0n) is 10.3. The van der Waals surface area contributed by atoms with Crippen molar-refractivity contribution in [3.8, 4) is 5.75 Å². The van der Waals surface area contributed by atoms with Gasteiger partial charge in [-0.25, -0.2) is 8.78 Å². The lowest BCUT2D eigenvalue weighted by Crippen LogP contribution is -2.14. The van der Waals surface area contributed by atoms with Gasteiger partial charge in [0, 0.05) is 11.6 Å². The first-order valence-electron chi connectivity index (χ1n) is 6.23. The molecule has 1 aliphatic rings. The second-order valence-electron chi connectivity index (χ2n) is 4.98. The number of ether oxygens (including phenoxy) is 1. The third-order valence-corrected chi connectivity index (χ3v) is 3.25. The fourth-order valence-electron chi connectivity index (χ4n) is 2.31. The Morgan fingerprint density at radius 1 is 1.18 bits per heavy atom. The van der Waals surface area contributed by atoms with Crippen molar-refractivity contribution in [1.82, 2.24) is 0 Å². The van der Waals surface area contributed by atoms with Gasteiger partial charge in [0.1, 0.15) is 5.82 Å². The number of halogens is 2. The molecule has 0 heterocycles. The lowest BCUT2D eigenvalue weighted by atomic mass is 10.0. The summed E-state index contributed by atoms with van der Waals surface area (Å²) in [6.07, 6.45) is 4.28. The minimum Gasteiger partial charge on any atom is -0.487 e. The van der Waals surface area contributed by atoms with Gasteiger partial charge in [-0.15, -0.1) is 0 Å². The van der Waals surface area contributed by atoms with Crippen molar-refractivity contribution in [2.45, 2.75) is 51.6 Å². The summed E-state index contributed by atoms with van der Waals surface area (Å²) in [6, 6.07) is 2.27. The van der Waals surface area contributed by atoms with Crippen molar-refractivity contribution in [1.29, 1.82) is 0 Å². The Labute approximate surface area is 101 Å². The molecule has 1 nitrogen and oxygen atoms in total. The molecular formula is C14H18F2O. The summed E-state index contributed by atoms with van der Waals surface area (Å²) >= 11 is 0. The molecule has 0 aromatic heterocycles. The molecule has 17 heavy (non-hydrogen) atoms. The second-order valence-corrected chi connectivity index (χ2v) is 4.98. The van der Waals surface area contributed by atoms with E-state index >= 15 is 0 Å². The van der Waals surface area contributed by atoms with E-state index in [1.807, 2.05) is 13.8 Å². The van der Waals surface area contributed by atoms with E-state index in [2.05, 4.69) is 0 Å². The van der Waals surface area contributed by atoms with Gasteiger partial charge < -0.3 is 4.74 Å². The Kier molecular flexibility index (Phi) is 3.65. The summed E-state index contributed by atoms with van der Waals surface area (Å²) in [5, 5.41) is 0. The Morgan fingerprint density at radius 3 is 2.41 bits per heavy atom. The molecule has 1 saturated carbocycles. The highest BCUT2D eigenvalue weighted by Crippen LogP contribution is 2.33. The van der Waals surface area contributed by atoms with E-state index in [9.17, 15) is 8.78 Å². The van der Waals surface area contributed by atoms with E-state index < -0.39 is 11.6 Å². The van der Waals surface area contributed by atoms with Crippen molar-refractivity contribution < 1.29 is 13.5 Å². The van der Waals surface area contributed by atoms with E-state index in [-0.39, 0.29) is 17.8 Å². The molecule has 1 aromatic rings. The summed E-state index contributed by atoms with van der Waals surface area (Å²) in [7, 11) is 0. The second kappa shape index (κ2) is 5.03. The molecule has 1 aromatic carbocycles. The maximum atomic E-state index is 13.8. The highest BCUT2D eigenvalue weighted by atomic mass is 19.1. The molecule has 3 heteroatoms. The van der Waals surface area contributed by atoms with Crippen molar-refractivity contribution in [2.75, 3.05) is 0 Å². The minimum atomic E-state index is -0.583. The third kappa shape index (κ3) is 2.76. The molecule has 0 N–H and O–H groups in total. The predicted octanol–water partition coefficient (Wildman–Crippen LogP) is 4.41. The average Bonchev–Trinajstić information content (AvgIpc) is 2.74. The average molecular weight is 240 g/mol. The quantitative estimate of drug-likeness (QED) is 0.760. The third-order valence-electron chi connectivity index (χ3n) is 3.25. The zero-order valence-corrected chi connectivity index (χ0v) is 10.3. The molecule has 0 saturated heterocycles. The smallest absolute Gasteiger partial charge is 0.168 e. The summed E-state index contributed by atoms with van der Waals surface area (Å²) in [6.45, 7) is 3.82. The highest BCUT2D eigenvalue weighted by Gasteiger charge is 2.22. The molecule has 1 aliphatic carbocycles. The highest BCUT2D eigenvalue weighted by molar-refractivity contribution is 5.38. The maximum absolute atomic E-state index is 13.8. The Morgan fingerprint density at radius 2 is 1.82 bits per heavy atom. The predicted molar refractivity (Wildman–Crippen MR) is 63.3 cm³/mol. The number of hydrogen-bond acceptors (Lipinski definition) is 1. The van der Waals surface area contributed by atoms with Crippen LogP contribution in [-0.2, 0) is 0 Å². The van der Waals surface area contributed by atoms with Crippen molar-refractivity contribution in [2.24, 2.45) is 0 Å². The minimum absolute atomic E-state index is 0.0524. The van der Waals surface area contributed by atoms with E-state index in [0.717, 1.165) is 31.7 Å². The van der Waals surface area contributed by atoms with Crippen molar-refractivity contribution in [3.05, 3.63) is 29.3 Å². The van der Waals surface area contributed by atoms with Gasteiger partial charge in [0.05, 0.1) is 6.10 Å². The number of hydrogen-bond donors (Lipinski definition) is 0. The molecule has 0 aliphatic heterocycles. The van der Waals surface area contributed by atoms with Crippen LogP contribution >= 0.6 is 0 Å². The van der Waals surface area contributed by atoms with Gasteiger partial charge in [-0.1, -0.05) is 13.8 Å². The lowest BCUT2D eigenvalue weighted by molar-refractivity contribution is 0.197. The van der Waals surface area contributed by atoms with Gasteiger partial charge in [0.15, 0.2) is 11.6 Å². The van der Waals surface area contributed by atoms with Crippen LogP contribution in [0, 0.1) is 11.6 Å². The van der Waals surface area contributed by atoms with E-state index in [1.165, 1.54) is 6.07 Å². The van der Waals surface area contributed by atoms with Crippen molar-refractivity contribution in [3.63, 3.8) is 0 Å². The molecule has 0 spiro atoms.